The van der Waals surface area contributed by atoms with Crippen molar-refractivity contribution in [1.29, 1.82) is 0 Å². The summed E-state index contributed by atoms with van der Waals surface area (Å²) in [5.74, 6) is -0.183. The molecule has 0 heterocycles. The maximum Gasteiger partial charge on any atom is 0.305 e. The van der Waals surface area contributed by atoms with Gasteiger partial charge in [-0.15, -0.1) is 0 Å². The molecule has 21 heavy (non-hydrogen) atoms. The van der Waals surface area contributed by atoms with Gasteiger partial charge in [-0.1, -0.05) is 11.6 Å². The lowest BCUT2D eigenvalue weighted by Gasteiger charge is -2.10. The second kappa shape index (κ2) is 6.41. The van der Waals surface area contributed by atoms with Gasteiger partial charge in [0.2, 0.25) is 5.82 Å². The van der Waals surface area contributed by atoms with Crippen LogP contribution in [0.2, 0.25) is 5.02 Å². The van der Waals surface area contributed by atoms with Crippen LogP contribution in [0.1, 0.15) is 5.56 Å². The Balaban J connectivity index is 2.15. The molecule has 0 radical (unpaired) electrons. The molecule has 0 aliphatic heterocycles. The first-order valence-electron chi connectivity index (χ1n) is 5.90. The molecule has 0 fully saturated rings. The summed E-state index contributed by atoms with van der Waals surface area (Å²) in [4.78, 5) is 9.73. The predicted molar refractivity (Wildman–Crippen MR) is 75.4 cm³/mol. The van der Waals surface area contributed by atoms with Gasteiger partial charge in [-0.05, 0) is 24.3 Å². The molecule has 0 aromatic heterocycles. The smallest absolute Gasteiger partial charge is 0.305 e. The number of halogens is 2. The molecule has 110 valence electrons. The van der Waals surface area contributed by atoms with Crippen LogP contribution in [0, 0.1) is 15.9 Å². The average Bonchev–Trinajstić information content (AvgIpc) is 2.45. The molecule has 0 aliphatic rings. The van der Waals surface area contributed by atoms with Crippen molar-refractivity contribution in [2.75, 3.05) is 7.11 Å². The number of nitrogens with zero attached hydrogens (tertiary/aromatic N) is 1. The standard InChI is InChI=1S/C14H11ClFNO4/c1-20-14-5-2-10(15)6-9(14)8-21-11-3-4-13(17(18)19)12(16)7-11/h2-7H,8H2,1H3. The molecule has 2 aromatic carbocycles. The highest BCUT2D eigenvalue weighted by Crippen LogP contribution is 2.26. The number of nitro groups is 1. The third-order valence-electron chi connectivity index (χ3n) is 2.75. The third kappa shape index (κ3) is 3.61. The molecule has 0 saturated heterocycles. The largest absolute Gasteiger partial charge is 0.496 e. The normalized spacial score (nSPS) is 10.2. The molecule has 5 nitrogen and oxygen atoms in total. The SMILES string of the molecule is COc1ccc(Cl)cc1COc1ccc([N+](=O)[O-])c(F)c1. The summed E-state index contributed by atoms with van der Waals surface area (Å²) in [7, 11) is 1.51. The van der Waals surface area contributed by atoms with Crippen LogP contribution < -0.4 is 9.47 Å². The van der Waals surface area contributed by atoms with E-state index >= 15 is 0 Å². The quantitative estimate of drug-likeness (QED) is 0.619. The molecule has 0 spiro atoms. The van der Waals surface area contributed by atoms with E-state index in [4.69, 9.17) is 21.1 Å². The van der Waals surface area contributed by atoms with Gasteiger partial charge in [0.05, 0.1) is 12.0 Å². The van der Waals surface area contributed by atoms with E-state index in [2.05, 4.69) is 0 Å². The van der Waals surface area contributed by atoms with Gasteiger partial charge < -0.3 is 9.47 Å². The van der Waals surface area contributed by atoms with Gasteiger partial charge in [0, 0.05) is 22.7 Å². The minimum absolute atomic E-state index is 0.0982. The predicted octanol–water partition coefficient (Wildman–Crippen LogP) is 3.97. The highest BCUT2D eigenvalue weighted by molar-refractivity contribution is 6.30. The lowest BCUT2D eigenvalue weighted by atomic mass is 10.2. The Morgan fingerprint density at radius 2 is 2.05 bits per heavy atom. The fraction of sp³-hybridized carbons (Fsp3) is 0.143. The van der Waals surface area contributed by atoms with Crippen LogP contribution in [-0.4, -0.2) is 12.0 Å². The zero-order valence-electron chi connectivity index (χ0n) is 11.0. The van der Waals surface area contributed by atoms with Crippen LogP contribution in [-0.2, 0) is 6.61 Å². The Kier molecular flexibility index (Phi) is 4.59. The van der Waals surface area contributed by atoms with Crippen molar-refractivity contribution in [3.8, 4) is 11.5 Å². The first-order chi connectivity index (χ1) is 10.0. The summed E-state index contributed by atoms with van der Waals surface area (Å²) in [6.07, 6.45) is 0. The summed E-state index contributed by atoms with van der Waals surface area (Å²) in [5, 5.41) is 11.0. The Hall–Kier alpha value is -2.34. The van der Waals surface area contributed by atoms with Crippen molar-refractivity contribution >= 4 is 17.3 Å². The second-order valence-electron chi connectivity index (χ2n) is 4.12. The Labute approximate surface area is 125 Å². The van der Waals surface area contributed by atoms with E-state index in [9.17, 15) is 14.5 Å². The molecular formula is C14H11ClFNO4. The number of methoxy groups -OCH3 is 1. The highest BCUT2D eigenvalue weighted by atomic mass is 35.5. The van der Waals surface area contributed by atoms with Gasteiger partial charge >= 0.3 is 5.69 Å². The molecule has 0 bridgehead atoms. The number of rotatable bonds is 5. The van der Waals surface area contributed by atoms with Gasteiger partial charge in [-0.3, -0.25) is 10.1 Å². The molecule has 0 aliphatic carbocycles. The van der Waals surface area contributed by atoms with Crippen LogP contribution >= 0.6 is 11.6 Å². The maximum absolute atomic E-state index is 13.5. The zero-order valence-corrected chi connectivity index (χ0v) is 11.8. The maximum atomic E-state index is 13.5. The minimum atomic E-state index is -0.949. The number of ether oxygens (including phenoxy) is 2. The molecule has 0 atom stereocenters. The van der Waals surface area contributed by atoms with Gasteiger partial charge in [0.25, 0.3) is 0 Å². The summed E-state index contributed by atoms with van der Waals surface area (Å²) >= 11 is 5.89. The third-order valence-corrected chi connectivity index (χ3v) is 2.99. The fourth-order valence-corrected chi connectivity index (χ4v) is 1.94. The summed E-state index contributed by atoms with van der Waals surface area (Å²) in [6, 6.07) is 8.39. The Morgan fingerprint density at radius 3 is 2.67 bits per heavy atom. The number of nitro benzene ring substituents is 1. The van der Waals surface area contributed by atoms with Crippen LogP contribution in [0.4, 0.5) is 10.1 Å². The van der Waals surface area contributed by atoms with Crippen LogP contribution in [0.5, 0.6) is 11.5 Å². The molecule has 0 unspecified atom stereocenters. The van der Waals surface area contributed by atoms with E-state index in [0.717, 1.165) is 12.1 Å². The topological polar surface area (TPSA) is 61.6 Å². The van der Waals surface area contributed by atoms with E-state index < -0.39 is 16.4 Å². The Morgan fingerprint density at radius 1 is 1.29 bits per heavy atom. The second-order valence-corrected chi connectivity index (χ2v) is 4.55. The lowest BCUT2D eigenvalue weighted by Crippen LogP contribution is -2.00. The molecule has 2 aromatic rings. The van der Waals surface area contributed by atoms with Crippen LogP contribution in [0.25, 0.3) is 0 Å². The summed E-state index contributed by atoms with van der Waals surface area (Å²) in [5.41, 5.74) is 0.0893. The summed E-state index contributed by atoms with van der Waals surface area (Å²) in [6.45, 7) is 0.0982. The van der Waals surface area contributed by atoms with E-state index in [1.807, 2.05) is 0 Å². The average molecular weight is 312 g/mol. The van der Waals surface area contributed by atoms with E-state index in [0.29, 0.717) is 16.3 Å². The van der Waals surface area contributed by atoms with Crippen molar-refractivity contribution < 1.29 is 18.8 Å². The highest BCUT2D eigenvalue weighted by Gasteiger charge is 2.14. The zero-order chi connectivity index (χ0) is 15.4. The van der Waals surface area contributed by atoms with Crippen LogP contribution in [0.3, 0.4) is 0 Å². The monoisotopic (exact) mass is 311 g/mol. The van der Waals surface area contributed by atoms with Crippen molar-refractivity contribution in [1.82, 2.24) is 0 Å². The van der Waals surface area contributed by atoms with Crippen LogP contribution in [0.15, 0.2) is 36.4 Å². The Bertz CT molecular complexity index is 678. The number of hydrogen-bond acceptors (Lipinski definition) is 4. The molecular weight excluding hydrogens is 301 g/mol. The molecule has 7 heteroatoms. The van der Waals surface area contributed by atoms with E-state index in [1.54, 1.807) is 18.2 Å². The van der Waals surface area contributed by atoms with Gasteiger partial charge in [0.1, 0.15) is 18.1 Å². The van der Waals surface area contributed by atoms with Crippen molar-refractivity contribution in [3.63, 3.8) is 0 Å². The van der Waals surface area contributed by atoms with Crippen molar-refractivity contribution in [2.24, 2.45) is 0 Å². The van der Waals surface area contributed by atoms with Gasteiger partial charge in [-0.2, -0.15) is 4.39 Å². The lowest BCUT2D eigenvalue weighted by molar-refractivity contribution is -0.387. The molecule has 0 saturated carbocycles. The first kappa shape index (κ1) is 15.1. The van der Waals surface area contributed by atoms with E-state index in [1.165, 1.54) is 13.2 Å². The first-order valence-corrected chi connectivity index (χ1v) is 6.28. The minimum Gasteiger partial charge on any atom is -0.496 e. The van der Waals surface area contributed by atoms with Crippen molar-refractivity contribution in [2.45, 2.75) is 6.61 Å². The fourth-order valence-electron chi connectivity index (χ4n) is 1.75. The number of benzene rings is 2. The van der Waals surface area contributed by atoms with E-state index in [-0.39, 0.29) is 12.4 Å². The molecule has 0 amide bonds. The van der Waals surface area contributed by atoms with Gasteiger partial charge in [-0.25, -0.2) is 0 Å². The van der Waals surface area contributed by atoms with Crippen molar-refractivity contribution in [3.05, 3.63) is 62.9 Å². The molecule has 0 N–H and O–H groups in total. The number of hydrogen-bond donors (Lipinski definition) is 0. The van der Waals surface area contributed by atoms with Gasteiger partial charge in [0.15, 0.2) is 0 Å². The summed E-state index contributed by atoms with van der Waals surface area (Å²) < 4.78 is 24.0. The molecule has 2 rings (SSSR count).